The van der Waals surface area contributed by atoms with E-state index in [2.05, 4.69) is 18.0 Å². The molecule has 0 unspecified atom stereocenters. The first-order chi connectivity index (χ1) is 7.86. The third-order valence-corrected chi connectivity index (χ3v) is 2.51. The first kappa shape index (κ1) is 12.6. The van der Waals surface area contributed by atoms with Crippen LogP contribution in [0.4, 0.5) is 0 Å². The number of rotatable bonds is 7. The van der Waals surface area contributed by atoms with Gasteiger partial charge < -0.3 is 0 Å². The Kier molecular flexibility index (Phi) is 6.16. The predicted molar refractivity (Wildman–Crippen MR) is 67.2 cm³/mol. The number of hydrogen-bond donors (Lipinski definition) is 0. The van der Waals surface area contributed by atoms with E-state index < -0.39 is 0 Å². The molecule has 0 aliphatic carbocycles. The minimum absolute atomic E-state index is 0.764. The molecule has 0 saturated heterocycles. The van der Waals surface area contributed by atoms with Gasteiger partial charge in [0.05, 0.1) is 5.69 Å². The van der Waals surface area contributed by atoms with Crippen LogP contribution in [-0.2, 0) is 11.2 Å². The first-order valence-corrected chi connectivity index (χ1v) is 5.93. The Morgan fingerprint density at radius 1 is 1.25 bits per heavy atom. The lowest BCUT2D eigenvalue weighted by Crippen LogP contribution is -1.88. The Bertz CT molecular complexity index is 327. The summed E-state index contributed by atoms with van der Waals surface area (Å²) in [7, 11) is 0. The SMILES string of the molecule is CCCCCCc1ccc(C=CC=O)nc1. The summed E-state index contributed by atoms with van der Waals surface area (Å²) in [5.41, 5.74) is 2.11. The number of pyridine rings is 1. The van der Waals surface area contributed by atoms with E-state index in [-0.39, 0.29) is 0 Å². The van der Waals surface area contributed by atoms with Crippen molar-refractivity contribution in [3.8, 4) is 0 Å². The molecule has 0 fully saturated rings. The molecule has 2 nitrogen and oxygen atoms in total. The van der Waals surface area contributed by atoms with Crippen LogP contribution in [0.15, 0.2) is 24.4 Å². The molecule has 0 N–H and O–H groups in total. The molecule has 1 rings (SSSR count). The lowest BCUT2D eigenvalue weighted by atomic mass is 10.1. The Morgan fingerprint density at radius 2 is 2.12 bits per heavy atom. The maximum Gasteiger partial charge on any atom is 0.142 e. The van der Waals surface area contributed by atoms with Gasteiger partial charge in [0.1, 0.15) is 6.29 Å². The fraction of sp³-hybridized carbons (Fsp3) is 0.429. The molecular weight excluding hydrogens is 198 g/mol. The minimum atomic E-state index is 0.764. The molecule has 2 heteroatoms. The molecule has 1 aromatic heterocycles. The average Bonchev–Trinajstić information content (AvgIpc) is 2.33. The zero-order valence-corrected chi connectivity index (χ0v) is 9.86. The van der Waals surface area contributed by atoms with Gasteiger partial charge in [0.25, 0.3) is 0 Å². The molecule has 1 heterocycles. The summed E-state index contributed by atoms with van der Waals surface area (Å²) in [5.74, 6) is 0. The van der Waals surface area contributed by atoms with Crippen molar-refractivity contribution >= 4 is 12.4 Å². The van der Waals surface area contributed by atoms with Gasteiger partial charge in [0, 0.05) is 6.20 Å². The van der Waals surface area contributed by atoms with Crippen LogP contribution >= 0.6 is 0 Å². The summed E-state index contributed by atoms with van der Waals surface area (Å²) < 4.78 is 0. The maximum atomic E-state index is 10.1. The number of allylic oxidation sites excluding steroid dienone is 1. The van der Waals surface area contributed by atoms with Gasteiger partial charge in [-0.2, -0.15) is 0 Å². The Labute approximate surface area is 97.4 Å². The number of aldehydes is 1. The van der Waals surface area contributed by atoms with Crippen LogP contribution in [-0.4, -0.2) is 11.3 Å². The average molecular weight is 217 g/mol. The lowest BCUT2D eigenvalue weighted by molar-refractivity contribution is -0.104. The van der Waals surface area contributed by atoms with Gasteiger partial charge in [0.15, 0.2) is 0 Å². The van der Waals surface area contributed by atoms with E-state index in [1.165, 1.54) is 37.3 Å². The van der Waals surface area contributed by atoms with Crippen molar-refractivity contribution in [2.75, 3.05) is 0 Å². The van der Waals surface area contributed by atoms with Gasteiger partial charge in [-0.25, -0.2) is 0 Å². The minimum Gasteiger partial charge on any atom is -0.299 e. The fourth-order valence-electron chi connectivity index (χ4n) is 1.58. The predicted octanol–water partition coefficient (Wildman–Crippen LogP) is 3.42. The quantitative estimate of drug-likeness (QED) is 0.398. The van der Waals surface area contributed by atoms with Gasteiger partial charge >= 0.3 is 0 Å². The Hall–Kier alpha value is -1.44. The summed E-state index contributed by atoms with van der Waals surface area (Å²) in [6.07, 6.45) is 12.1. The van der Waals surface area contributed by atoms with Crippen LogP contribution in [0.25, 0.3) is 6.08 Å². The van der Waals surface area contributed by atoms with Crippen LogP contribution in [0.5, 0.6) is 0 Å². The molecule has 0 aliphatic rings. The van der Waals surface area contributed by atoms with Gasteiger partial charge in [0.2, 0.25) is 0 Å². The van der Waals surface area contributed by atoms with Crippen LogP contribution in [0.1, 0.15) is 43.9 Å². The second-order valence-corrected chi connectivity index (χ2v) is 3.90. The number of aryl methyl sites for hydroxylation is 1. The molecule has 1 aromatic rings. The second-order valence-electron chi connectivity index (χ2n) is 3.90. The van der Waals surface area contributed by atoms with Gasteiger partial charge in [-0.3, -0.25) is 9.78 Å². The van der Waals surface area contributed by atoms with E-state index >= 15 is 0 Å². The van der Waals surface area contributed by atoms with Crippen molar-refractivity contribution in [1.29, 1.82) is 0 Å². The van der Waals surface area contributed by atoms with E-state index in [0.717, 1.165) is 18.4 Å². The maximum absolute atomic E-state index is 10.1. The monoisotopic (exact) mass is 217 g/mol. The third-order valence-electron chi connectivity index (χ3n) is 2.51. The zero-order chi connectivity index (χ0) is 11.6. The largest absolute Gasteiger partial charge is 0.299 e. The smallest absolute Gasteiger partial charge is 0.142 e. The topological polar surface area (TPSA) is 30.0 Å². The van der Waals surface area contributed by atoms with Crippen molar-refractivity contribution in [2.24, 2.45) is 0 Å². The molecule has 0 atom stereocenters. The van der Waals surface area contributed by atoms with Crippen LogP contribution in [0.2, 0.25) is 0 Å². The van der Waals surface area contributed by atoms with Crippen LogP contribution < -0.4 is 0 Å². The number of carbonyl (C=O) groups excluding carboxylic acids is 1. The van der Waals surface area contributed by atoms with E-state index in [0.29, 0.717) is 0 Å². The van der Waals surface area contributed by atoms with Gasteiger partial charge in [-0.15, -0.1) is 0 Å². The number of unbranched alkanes of at least 4 members (excludes halogenated alkanes) is 3. The van der Waals surface area contributed by atoms with Crippen molar-refractivity contribution in [3.63, 3.8) is 0 Å². The first-order valence-electron chi connectivity index (χ1n) is 5.93. The van der Waals surface area contributed by atoms with Gasteiger partial charge in [-0.1, -0.05) is 32.3 Å². The van der Waals surface area contributed by atoms with Crippen LogP contribution in [0.3, 0.4) is 0 Å². The van der Waals surface area contributed by atoms with E-state index in [1.807, 2.05) is 12.3 Å². The summed E-state index contributed by atoms with van der Waals surface area (Å²) >= 11 is 0. The van der Waals surface area contributed by atoms with Crippen molar-refractivity contribution < 1.29 is 4.79 Å². The summed E-state index contributed by atoms with van der Waals surface area (Å²) in [6, 6.07) is 4.04. The van der Waals surface area contributed by atoms with Crippen molar-refractivity contribution in [2.45, 2.75) is 39.0 Å². The normalized spacial score (nSPS) is 10.8. The number of hydrogen-bond acceptors (Lipinski definition) is 2. The molecule has 0 spiro atoms. The summed E-state index contributed by atoms with van der Waals surface area (Å²) in [6.45, 7) is 2.22. The highest BCUT2D eigenvalue weighted by molar-refractivity contribution is 5.72. The highest BCUT2D eigenvalue weighted by Crippen LogP contribution is 2.08. The molecule has 0 saturated carbocycles. The second kappa shape index (κ2) is 7.80. The molecule has 0 radical (unpaired) electrons. The molecule has 0 bridgehead atoms. The zero-order valence-electron chi connectivity index (χ0n) is 9.86. The Balaban J connectivity index is 2.39. The molecule has 86 valence electrons. The van der Waals surface area contributed by atoms with E-state index in [9.17, 15) is 4.79 Å². The molecule has 0 amide bonds. The highest BCUT2D eigenvalue weighted by atomic mass is 16.1. The van der Waals surface area contributed by atoms with Gasteiger partial charge in [-0.05, 0) is 36.6 Å². The highest BCUT2D eigenvalue weighted by Gasteiger charge is 1.94. The molecule has 0 aromatic carbocycles. The molecule has 16 heavy (non-hydrogen) atoms. The van der Waals surface area contributed by atoms with Crippen LogP contribution in [0, 0.1) is 0 Å². The molecule has 0 aliphatic heterocycles. The van der Waals surface area contributed by atoms with E-state index in [4.69, 9.17) is 0 Å². The van der Waals surface area contributed by atoms with Crippen molar-refractivity contribution in [3.05, 3.63) is 35.7 Å². The number of nitrogens with zero attached hydrogens (tertiary/aromatic N) is 1. The summed E-state index contributed by atoms with van der Waals surface area (Å²) in [4.78, 5) is 14.4. The lowest BCUT2D eigenvalue weighted by Gasteiger charge is -2.01. The Morgan fingerprint density at radius 3 is 2.75 bits per heavy atom. The summed E-state index contributed by atoms with van der Waals surface area (Å²) in [5, 5.41) is 0. The molecular formula is C14H19NO. The van der Waals surface area contributed by atoms with E-state index in [1.54, 1.807) is 6.08 Å². The third kappa shape index (κ3) is 4.87. The number of carbonyl (C=O) groups is 1. The standard InChI is InChI=1S/C14H19NO/c1-2-3-4-5-7-13-9-10-14(15-12-13)8-6-11-16/h6,8-12H,2-5,7H2,1H3. The fourth-order valence-corrected chi connectivity index (χ4v) is 1.58. The number of aromatic nitrogens is 1. The van der Waals surface area contributed by atoms with Crippen molar-refractivity contribution in [1.82, 2.24) is 4.98 Å².